The first-order valence-electron chi connectivity index (χ1n) is 9.27. The van der Waals surface area contributed by atoms with Gasteiger partial charge in [-0.3, -0.25) is 4.79 Å². The van der Waals surface area contributed by atoms with Gasteiger partial charge in [0.25, 0.3) is 0 Å². The van der Waals surface area contributed by atoms with E-state index in [0.29, 0.717) is 29.1 Å². The number of nitrogens with two attached hydrogens (primary N) is 2. The standard InChI is InChI=1S/C21H27N3O2/c22-19-10-7-17(13-20(19)23)21(25)16-5-8-18(9-6-16)26-12-2-4-15-3-1-11-24-14-15/h5-10,13,15,24H,1-4,11-12,14,22-23H2. The fraction of sp³-hybridized carbons (Fsp3) is 0.381. The zero-order chi connectivity index (χ0) is 18.4. The Kier molecular flexibility index (Phi) is 6.12. The van der Waals surface area contributed by atoms with E-state index in [0.717, 1.165) is 31.2 Å². The molecule has 0 bridgehead atoms. The van der Waals surface area contributed by atoms with E-state index in [1.807, 2.05) is 12.1 Å². The molecule has 2 aromatic rings. The van der Waals surface area contributed by atoms with Crippen molar-refractivity contribution in [3.8, 4) is 5.75 Å². The molecule has 1 unspecified atom stereocenters. The highest BCUT2D eigenvalue weighted by molar-refractivity contribution is 6.09. The Morgan fingerprint density at radius 1 is 1.08 bits per heavy atom. The maximum absolute atomic E-state index is 12.5. The van der Waals surface area contributed by atoms with E-state index < -0.39 is 0 Å². The summed E-state index contributed by atoms with van der Waals surface area (Å²) in [5, 5.41) is 3.44. The molecule has 1 fully saturated rings. The first-order valence-corrected chi connectivity index (χ1v) is 9.27. The molecule has 138 valence electrons. The molecule has 5 N–H and O–H groups in total. The van der Waals surface area contributed by atoms with Gasteiger partial charge in [0.1, 0.15) is 5.75 Å². The second-order valence-corrected chi connectivity index (χ2v) is 6.90. The van der Waals surface area contributed by atoms with Crippen LogP contribution in [0.15, 0.2) is 42.5 Å². The molecule has 1 saturated heterocycles. The van der Waals surface area contributed by atoms with Crippen molar-refractivity contribution < 1.29 is 9.53 Å². The van der Waals surface area contributed by atoms with Gasteiger partial charge in [-0.15, -0.1) is 0 Å². The van der Waals surface area contributed by atoms with E-state index in [2.05, 4.69) is 5.32 Å². The van der Waals surface area contributed by atoms with Crippen LogP contribution in [0.3, 0.4) is 0 Å². The van der Waals surface area contributed by atoms with Crippen molar-refractivity contribution in [2.75, 3.05) is 31.2 Å². The van der Waals surface area contributed by atoms with E-state index in [1.165, 1.54) is 19.3 Å². The molecule has 3 rings (SSSR count). The summed E-state index contributed by atoms with van der Waals surface area (Å²) < 4.78 is 5.80. The molecular weight excluding hydrogens is 326 g/mol. The van der Waals surface area contributed by atoms with E-state index in [-0.39, 0.29) is 5.78 Å². The molecule has 0 radical (unpaired) electrons. The summed E-state index contributed by atoms with van der Waals surface area (Å²) in [5.74, 6) is 1.49. The van der Waals surface area contributed by atoms with Gasteiger partial charge in [-0.2, -0.15) is 0 Å². The highest BCUT2D eigenvalue weighted by Gasteiger charge is 2.13. The number of hydrogen-bond acceptors (Lipinski definition) is 5. The predicted molar refractivity (Wildman–Crippen MR) is 105 cm³/mol. The first-order chi connectivity index (χ1) is 12.6. The normalized spacial score (nSPS) is 17.0. The van der Waals surface area contributed by atoms with Gasteiger partial charge in [-0.1, -0.05) is 0 Å². The van der Waals surface area contributed by atoms with Crippen molar-refractivity contribution in [3.63, 3.8) is 0 Å². The topological polar surface area (TPSA) is 90.4 Å². The third-order valence-electron chi connectivity index (χ3n) is 4.89. The lowest BCUT2D eigenvalue weighted by atomic mass is 9.95. The number of carbonyl (C=O) groups excluding carboxylic acids is 1. The van der Waals surface area contributed by atoms with Crippen molar-refractivity contribution in [1.29, 1.82) is 0 Å². The summed E-state index contributed by atoms with van der Waals surface area (Å²) in [7, 11) is 0. The second kappa shape index (κ2) is 8.72. The second-order valence-electron chi connectivity index (χ2n) is 6.90. The first kappa shape index (κ1) is 18.3. The molecule has 2 aromatic carbocycles. The third-order valence-corrected chi connectivity index (χ3v) is 4.89. The molecule has 5 heteroatoms. The molecule has 0 saturated carbocycles. The van der Waals surface area contributed by atoms with Gasteiger partial charge in [0.05, 0.1) is 18.0 Å². The lowest BCUT2D eigenvalue weighted by Crippen LogP contribution is -2.29. The molecule has 1 aliphatic rings. The Morgan fingerprint density at radius 2 is 1.85 bits per heavy atom. The third kappa shape index (κ3) is 4.76. The van der Waals surface area contributed by atoms with Crippen molar-refractivity contribution in [3.05, 3.63) is 53.6 Å². The number of ketones is 1. The monoisotopic (exact) mass is 353 g/mol. The number of carbonyl (C=O) groups is 1. The molecule has 1 aliphatic heterocycles. The highest BCUT2D eigenvalue weighted by Crippen LogP contribution is 2.21. The summed E-state index contributed by atoms with van der Waals surface area (Å²) in [6.45, 7) is 2.99. The highest BCUT2D eigenvalue weighted by atomic mass is 16.5. The van der Waals surface area contributed by atoms with Crippen molar-refractivity contribution in [1.82, 2.24) is 5.32 Å². The quantitative estimate of drug-likeness (QED) is 0.404. The number of rotatable bonds is 7. The summed E-state index contributed by atoms with van der Waals surface area (Å²) in [6, 6.07) is 12.2. The summed E-state index contributed by atoms with van der Waals surface area (Å²) in [5.41, 5.74) is 13.5. The number of piperidine rings is 1. The van der Waals surface area contributed by atoms with Gasteiger partial charge in [0.15, 0.2) is 5.78 Å². The largest absolute Gasteiger partial charge is 0.494 e. The van der Waals surface area contributed by atoms with Crippen molar-refractivity contribution in [2.45, 2.75) is 25.7 Å². The number of nitrogens with one attached hydrogen (secondary N) is 1. The minimum absolute atomic E-state index is 0.0759. The molecule has 1 atom stereocenters. The zero-order valence-corrected chi connectivity index (χ0v) is 15.0. The van der Waals surface area contributed by atoms with E-state index >= 15 is 0 Å². The number of hydrogen-bond donors (Lipinski definition) is 3. The van der Waals surface area contributed by atoms with Gasteiger partial charge in [0.2, 0.25) is 0 Å². The van der Waals surface area contributed by atoms with Gasteiger partial charge >= 0.3 is 0 Å². The van der Waals surface area contributed by atoms with Crippen molar-refractivity contribution >= 4 is 17.2 Å². The van der Waals surface area contributed by atoms with Crippen LogP contribution in [0, 0.1) is 5.92 Å². The molecule has 0 amide bonds. The van der Waals surface area contributed by atoms with E-state index in [9.17, 15) is 4.79 Å². The Balaban J connectivity index is 1.49. The Hall–Kier alpha value is -2.53. The molecule has 26 heavy (non-hydrogen) atoms. The van der Waals surface area contributed by atoms with Gasteiger partial charge < -0.3 is 21.5 Å². The average molecular weight is 353 g/mol. The van der Waals surface area contributed by atoms with Crippen LogP contribution in [0.25, 0.3) is 0 Å². The smallest absolute Gasteiger partial charge is 0.193 e. The summed E-state index contributed by atoms with van der Waals surface area (Å²) in [6.07, 6.45) is 4.85. The van der Waals surface area contributed by atoms with E-state index in [4.69, 9.17) is 16.2 Å². The maximum atomic E-state index is 12.5. The van der Waals surface area contributed by atoms with Gasteiger partial charge in [-0.05, 0) is 87.2 Å². The van der Waals surface area contributed by atoms with Crippen molar-refractivity contribution in [2.24, 2.45) is 5.92 Å². The lowest BCUT2D eigenvalue weighted by Gasteiger charge is -2.22. The maximum Gasteiger partial charge on any atom is 0.193 e. The predicted octanol–water partition coefficient (Wildman–Crippen LogP) is 3.24. The number of ether oxygens (including phenoxy) is 1. The lowest BCUT2D eigenvalue weighted by molar-refractivity contribution is 0.103. The minimum Gasteiger partial charge on any atom is -0.494 e. The van der Waals surface area contributed by atoms with Crippen LogP contribution in [0.5, 0.6) is 5.75 Å². The number of anilines is 2. The van der Waals surface area contributed by atoms with Crippen LogP contribution in [0.2, 0.25) is 0 Å². The molecule has 0 aromatic heterocycles. The molecule has 1 heterocycles. The fourth-order valence-corrected chi connectivity index (χ4v) is 3.32. The van der Waals surface area contributed by atoms with Crippen LogP contribution >= 0.6 is 0 Å². The average Bonchev–Trinajstić information content (AvgIpc) is 2.68. The summed E-state index contributed by atoms with van der Waals surface area (Å²) >= 11 is 0. The molecule has 0 spiro atoms. The molecule has 5 nitrogen and oxygen atoms in total. The minimum atomic E-state index is -0.0759. The van der Waals surface area contributed by atoms with Crippen LogP contribution in [-0.2, 0) is 0 Å². The van der Waals surface area contributed by atoms with Crippen LogP contribution in [0.1, 0.15) is 41.6 Å². The molecular formula is C21H27N3O2. The Labute approximate surface area is 154 Å². The molecule has 0 aliphatic carbocycles. The SMILES string of the molecule is Nc1ccc(C(=O)c2ccc(OCCCC3CCCNC3)cc2)cc1N. The van der Waals surface area contributed by atoms with Crippen LogP contribution < -0.4 is 21.5 Å². The van der Waals surface area contributed by atoms with E-state index in [1.54, 1.807) is 30.3 Å². The summed E-state index contributed by atoms with van der Waals surface area (Å²) in [4.78, 5) is 12.5. The Bertz CT molecular complexity index is 737. The van der Waals surface area contributed by atoms with Gasteiger partial charge in [-0.25, -0.2) is 0 Å². The number of benzene rings is 2. The van der Waals surface area contributed by atoms with Crippen LogP contribution in [-0.4, -0.2) is 25.5 Å². The van der Waals surface area contributed by atoms with Gasteiger partial charge in [0, 0.05) is 11.1 Å². The van der Waals surface area contributed by atoms with Crippen LogP contribution in [0.4, 0.5) is 11.4 Å². The Morgan fingerprint density at radius 3 is 2.54 bits per heavy atom. The zero-order valence-electron chi connectivity index (χ0n) is 15.0. The fourth-order valence-electron chi connectivity index (χ4n) is 3.32. The number of nitrogen functional groups attached to an aromatic ring is 2.